The molecular formula is C12H19N3O2. The van der Waals surface area contributed by atoms with Gasteiger partial charge in [-0.15, -0.1) is 0 Å². The van der Waals surface area contributed by atoms with Crippen molar-refractivity contribution in [2.45, 2.75) is 38.3 Å². The minimum absolute atomic E-state index is 0.0134. The Balaban J connectivity index is 2.00. The molecule has 0 spiro atoms. The summed E-state index contributed by atoms with van der Waals surface area (Å²) in [6.07, 6.45) is 7.62. The van der Waals surface area contributed by atoms with Crippen molar-refractivity contribution in [3.05, 3.63) is 18.5 Å². The first kappa shape index (κ1) is 12.1. The Kier molecular flexibility index (Phi) is 4.14. The Labute approximate surface area is 101 Å². The lowest BCUT2D eigenvalue weighted by molar-refractivity contribution is -0.135. The molecule has 2 heterocycles. The first-order valence-electron chi connectivity index (χ1n) is 6.19. The Hall–Kier alpha value is -1.36. The van der Waals surface area contributed by atoms with Gasteiger partial charge in [0.25, 0.3) is 0 Å². The third-order valence-electron chi connectivity index (χ3n) is 3.26. The van der Waals surface area contributed by atoms with E-state index < -0.39 is 0 Å². The number of aliphatic hydroxyl groups is 1. The molecule has 0 aromatic carbocycles. The Morgan fingerprint density at radius 2 is 2.29 bits per heavy atom. The van der Waals surface area contributed by atoms with E-state index >= 15 is 0 Å². The van der Waals surface area contributed by atoms with Crippen molar-refractivity contribution in [1.82, 2.24) is 14.7 Å². The maximum absolute atomic E-state index is 12.1. The summed E-state index contributed by atoms with van der Waals surface area (Å²) >= 11 is 0. The van der Waals surface area contributed by atoms with Crippen LogP contribution in [0.1, 0.15) is 25.7 Å². The summed E-state index contributed by atoms with van der Waals surface area (Å²) in [6.45, 7) is 1.08. The van der Waals surface area contributed by atoms with E-state index in [0.29, 0.717) is 0 Å². The number of hydrogen-bond donors (Lipinski definition) is 1. The van der Waals surface area contributed by atoms with E-state index in [-0.39, 0.29) is 25.1 Å². The van der Waals surface area contributed by atoms with Crippen molar-refractivity contribution in [3.63, 3.8) is 0 Å². The molecule has 5 nitrogen and oxygen atoms in total. The first-order valence-corrected chi connectivity index (χ1v) is 6.19. The van der Waals surface area contributed by atoms with E-state index in [4.69, 9.17) is 0 Å². The molecule has 0 saturated carbocycles. The highest BCUT2D eigenvalue weighted by Gasteiger charge is 2.24. The second-order valence-corrected chi connectivity index (χ2v) is 4.48. The van der Waals surface area contributed by atoms with E-state index in [9.17, 15) is 9.90 Å². The summed E-state index contributed by atoms with van der Waals surface area (Å²) in [5, 5.41) is 13.4. The topological polar surface area (TPSA) is 58.4 Å². The highest BCUT2D eigenvalue weighted by molar-refractivity contribution is 5.76. The zero-order valence-corrected chi connectivity index (χ0v) is 9.96. The van der Waals surface area contributed by atoms with Gasteiger partial charge in [0.2, 0.25) is 5.91 Å². The van der Waals surface area contributed by atoms with Crippen molar-refractivity contribution in [3.8, 4) is 0 Å². The zero-order chi connectivity index (χ0) is 12.1. The number of likely N-dealkylation sites (tertiary alicyclic amines) is 1. The SMILES string of the molecule is O=C(Cn1cccn1)N1CCCCCC1CO. The molecule has 0 radical (unpaired) electrons. The maximum Gasteiger partial charge on any atom is 0.244 e. The lowest BCUT2D eigenvalue weighted by atomic mass is 10.1. The third kappa shape index (κ3) is 3.06. The van der Waals surface area contributed by atoms with Crippen LogP contribution in [0.5, 0.6) is 0 Å². The fourth-order valence-corrected chi connectivity index (χ4v) is 2.32. The van der Waals surface area contributed by atoms with Crippen molar-refractivity contribution in [2.75, 3.05) is 13.2 Å². The standard InChI is InChI=1S/C12H19N3O2/c16-10-11-5-2-1-3-8-15(11)12(17)9-14-7-4-6-13-14/h4,6-7,11,16H,1-3,5,8-10H2. The molecule has 1 atom stereocenters. The summed E-state index contributed by atoms with van der Waals surface area (Å²) in [6, 6.07) is 1.79. The van der Waals surface area contributed by atoms with E-state index in [1.54, 1.807) is 23.1 Å². The normalized spacial score (nSPS) is 21.2. The van der Waals surface area contributed by atoms with Gasteiger partial charge in [-0.05, 0) is 18.9 Å². The molecule has 1 aliphatic rings. The molecule has 5 heteroatoms. The molecule has 94 valence electrons. The summed E-state index contributed by atoms with van der Waals surface area (Å²) in [5.41, 5.74) is 0. The predicted molar refractivity (Wildman–Crippen MR) is 63.3 cm³/mol. The number of rotatable bonds is 3. The molecule has 0 bridgehead atoms. The average Bonchev–Trinajstić information content (AvgIpc) is 2.71. The number of nitrogens with zero attached hydrogens (tertiary/aromatic N) is 3. The molecule has 1 N–H and O–H groups in total. The Bertz CT molecular complexity index is 351. The molecule has 1 aromatic rings. The summed E-state index contributed by atoms with van der Waals surface area (Å²) in [4.78, 5) is 14.0. The first-order chi connectivity index (χ1) is 8.31. The lowest BCUT2D eigenvalue weighted by Gasteiger charge is -2.28. The van der Waals surface area contributed by atoms with Crippen LogP contribution in [0.15, 0.2) is 18.5 Å². The van der Waals surface area contributed by atoms with Crippen molar-refractivity contribution >= 4 is 5.91 Å². The van der Waals surface area contributed by atoms with Crippen LogP contribution in [0.3, 0.4) is 0 Å². The number of carbonyl (C=O) groups is 1. The van der Waals surface area contributed by atoms with Crippen LogP contribution < -0.4 is 0 Å². The highest BCUT2D eigenvalue weighted by Crippen LogP contribution is 2.16. The van der Waals surface area contributed by atoms with E-state index in [2.05, 4.69) is 5.10 Å². The largest absolute Gasteiger partial charge is 0.394 e. The van der Waals surface area contributed by atoms with Gasteiger partial charge in [-0.25, -0.2) is 0 Å². The fourth-order valence-electron chi connectivity index (χ4n) is 2.32. The van der Waals surface area contributed by atoms with Gasteiger partial charge in [0.1, 0.15) is 6.54 Å². The molecule has 1 aliphatic heterocycles. The third-order valence-corrected chi connectivity index (χ3v) is 3.26. The monoisotopic (exact) mass is 237 g/mol. The molecule has 1 unspecified atom stereocenters. The summed E-state index contributed by atoms with van der Waals surface area (Å²) < 4.78 is 1.63. The van der Waals surface area contributed by atoms with Crippen LogP contribution >= 0.6 is 0 Å². The van der Waals surface area contributed by atoms with E-state index in [1.807, 2.05) is 4.90 Å². The van der Waals surface area contributed by atoms with Gasteiger partial charge in [-0.2, -0.15) is 5.10 Å². The van der Waals surface area contributed by atoms with E-state index in [0.717, 1.165) is 32.2 Å². The molecule has 0 aliphatic carbocycles. The maximum atomic E-state index is 12.1. The highest BCUT2D eigenvalue weighted by atomic mass is 16.3. The zero-order valence-electron chi connectivity index (χ0n) is 9.96. The number of aliphatic hydroxyl groups excluding tert-OH is 1. The molecular weight excluding hydrogens is 218 g/mol. The minimum atomic E-state index is -0.0134. The fraction of sp³-hybridized carbons (Fsp3) is 0.667. The average molecular weight is 237 g/mol. The lowest BCUT2D eigenvalue weighted by Crippen LogP contribution is -2.43. The molecule has 17 heavy (non-hydrogen) atoms. The van der Waals surface area contributed by atoms with Gasteiger partial charge >= 0.3 is 0 Å². The van der Waals surface area contributed by atoms with E-state index in [1.165, 1.54) is 0 Å². The second-order valence-electron chi connectivity index (χ2n) is 4.48. The predicted octanol–water partition coefficient (Wildman–Crippen LogP) is 0.647. The quantitative estimate of drug-likeness (QED) is 0.839. The smallest absolute Gasteiger partial charge is 0.244 e. The molecule has 1 aromatic heterocycles. The van der Waals surface area contributed by atoms with Crippen molar-refractivity contribution in [2.24, 2.45) is 0 Å². The van der Waals surface area contributed by atoms with Crippen LogP contribution in [0.2, 0.25) is 0 Å². The van der Waals surface area contributed by atoms with Crippen LogP contribution in [0, 0.1) is 0 Å². The van der Waals surface area contributed by atoms with Crippen molar-refractivity contribution in [1.29, 1.82) is 0 Å². The molecule has 1 amide bonds. The number of aromatic nitrogens is 2. The molecule has 1 saturated heterocycles. The van der Waals surface area contributed by atoms with Gasteiger partial charge in [-0.1, -0.05) is 12.8 Å². The van der Waals surface area contributed by atoms with Gasteiger partial charge in [-0.3, -0.25) is 9.48 Å². The molecule has 2 rings (SSSR count). The van der Waals surface area contributed by atoms with Crippen LogP contribution in [-0.4, -0.2) is 44.9 Å². The Morgan fingerprint density at radius 1 is 1.41 bits per heavy atom. The van der Waals surface area contributed by atoms with Crippen molar-refractivity contribution < 1.29 is 9.90 Å². The van der Waals surface area contributed by atoms with Gasteiger partial charge in [0.05, 0.1) is 12.6 Å². The van der Waals surface area contributed by atoms with Crippen LogP contribution in [0.25, 0.3) is 0 Å². The number of amides is 1. The number of hydrogen-bond acceptors (Lipinski definition) is 3. The van der Waals surface area contributed by atoms with Gasteiger partial charge in [0, 0.05) is 18.9 Å². The Morgan fingerprint density at radius 3 is 3.00 bits per heavy atom. The summed E-state index contributed by atoms with van der Waals surface area (Å²) in [7, 11) is 0. The van der Waals surface area contributed by atoms with Gasteiger partial charge in [0.15, 0.2) is 0 Å². The minimum Gasteiger partial charge on any atom is -0.394 e. The molecule has 1 fully saturated rings. The van der Waals surface area contributed by atoms with Crippen LogP contribution in [0.4, 0.5) is 0 Å². The van der Waals surface area contributed by atoms with Gasteiger partial charge < -0.3 is 10.0 Å². The number of carbonyl (C=O) groups excluding carboxylic acids is 1. The second kappa shape index (κ2) is 5.82. The summed E-state index contributed by atoms with van der Waals surface area (Å²) in [5.74, 6) is 0.0506. The van der Waals surface area contributed by atoms with Crippen LogP contribution in [-0.2, 0) is 11.3 Å².